The normalized spacial score (nSPS) is 17.3. The molecule has 1 aromatic carbocycles. The number of nitrogens with two attached hydrogens (primary N) is 1. The zero-order chi connectivity index (χ0) is 13.3. The molecule has 0 saturated carbocycles. The molecule has 98 valence electrons. The second-order valence-electron chi connectivity index (χ2n) is 4.72. The van der Waals surface area contributed by atoms with E-state index >= 15 is 0 Å². The topological polar surface area (TPSA) is 70.8 Å². The number of hydrogen-bond acceptors (Lipinski definition) is 5. The van der Waals surface area contributed by atoms with Crippen molar-refractivity contribution in [3.63, 3.8) is 0 Å². The summed E-state index contributed by atoms with van der Waals surface area (Å²) in [5.41, 5.74) is 6.62. The maximum absolute atomic E-state index is 11.2. The lowest BCUT2D eigenvalue weighted by atomic mass is 10.1. The second-order valence-corrected chi connectivity index (χ2v) is 4.72. The first-order valence-corrected chi connectivity index (χ1v) is 5.75. The maximum atomic E-state index is 11.2. The number of hydrogen-bond donors (Lipinski definition) is 1. The Kier molecular flexibility index (Phi) is 3.17. The Morgan fingerprint density at radius 3 is 2.72 bits per heavy atom. The minimum Gasteiger partial charge on any atom is -0.468 e. The highest BCUT2D eigenvalue weighted by atomic mass is 16.7. The molecule has 0 fully saturated rings. The van der Waals surface area contributed by atoms with Crippen LogP contribution in [0.4, 0.5) is 0 Å². The smallest absolute Gasteiger partial charge is 0.322 e. The van der Waals surface area contributed by atoms with Crippen LogP contribution in [0.1, 0.15) is 19.4 Å². The maximum Gasteiger partial charge on any atom is 0.322 e. The molecule has 0 unspecified atom stereocenters. The van der Waals surface area contributed by atoms with Gasteiger partial charge in [-0.3, -0.25) is 4.79 Å². The molecule has 1 atom stereocenters. The van der Waals surface area contributed by atoms with Gasteiger partial charge in [0.05, 0.1) is 7.11 Å². The molecule has 0 spiro atoms. The molecule has 5 nitrogen and oxygen atoms in total. The van der Waals surface area contributed by atoms with Crippen molar-refractivity contribution in [3.8, 4) is 11.5 Å². The number of ether oxygens (including phenoxy) is 3. The number of rotatable bonds is 3. The fraction of sp³-hybridized carbons (Fsp3) is 0.462. The van der Waals surface area contributed by atoms with Crippen LogP contribution >= 0.6 is 0 Å². The molecule has 1 aliphatic heterocycles. The van der Waals surface area contributed by atoms with Crippen molar-refractivity contribution in [2.75, 3.05) is 7.11 Å². The highest BCUT2D eigenvalue weighted by Gasteiger charge is 2.31. The van der Waals surface area contributed by atoms with Crippen LogP contribution in [0.5, 0.6) is 11.5 Å². The summed E-state index contributed by atoms with van der Waals surface area (Å²) in [5.74, 6) is 0.309. The number of carbonyl (C=O) groups excluding carboxylic acids is 1. The average Bonchev–Trinajstić information content (AvgIpc) is 2.61. The van der Waals surface area contributed by atoms with Crippen molar-refractivity contribution in [2.45, 2.75) is 32.1 Å². The van der Waals surface area contributed by atoms with E-state index in [1.165, 1.54) is 7.11 Å². The van der Waals surface area contributed by atoms with Crippen LogP contribution in [0.2, 0.25) is 0 Å². The Labute approximate surface area is 106 Å². The van der Waals surface area contributed by atoms with E-state index in [4.69, 9.17) is 15.2 Å². The summed E-state index contributed by atoms with van der Waals surface area (Å²) >= 11 is 0. The number of carbonyl (C=O) groups is 1. The van der Waals surface area contributed by atoms with Crippen LogP contribution in [-0.4, -0.2) is 24.9 Å². The lowest BCUT2D eigenvalue weighted by Gasteiger charge is -2.16. The third-order valence-corrected chi connectivity index (χ3v) is 2.68. The van der Waals surface area contributed by atoms with Crippen LogP contribution in [-0.2, 0) is 16.0 Å². The van der Waals surface area contributed by atoms with Gasteiger partial charge in [-0.2, -0.15) is 0 Å². The van der Waals surface area contributed by atoms with Crippen molar-refractivity contribution in [3.05, 3.63) is 23.8 Å². The Morgan fingerprint density at radius 2 is 2.06 bits per heavy atom. The summed E-state index contributed by atoms with van der Waals surface area (Å²) in [4.78, 5) is 11.2. The molecule has 0 aliphatic carbocycles. The van der Waals surface area contributed by atoms with Gasteiger partial charge in [0.2, 0.25) is 5.79 Å². The predicted octanol–water partition coefficient (Wildman–Crippen LogP) is 1.24. The second kappa shape index (κ2) is 4.49. The zero-order valence-corrected chi connectivity index (χ0v) is 10.7. The molecule has 0 radical (unpaired) electrons. The summed E-state index contributed by atoms with van der Waals surface area (Å²) in [6.45, 7) is 3.68. The zero-order valence-electron chi connectivity index (χ0n) is 10.7. The minimum absolute atomic E-state index is 0.406. The highest BCUT2D eigenvalue weighted by Crippen LogP contribution is 2.39. The van der Waals surface area contributed by atoms with Gasteiger partial charge in [0, 0.05) is 13.8 Å². The monoisotopic (exact) mass is 251 g/mol. The van der Waals surface area contributed by atoms with Gasteiger partial charge in [-0.25, -0.2) is 0 Å². The van der Waals surface area contributed by atoms with Crippen molar-refractivity contribution >= 4 is 5.97 Å². The SMILES string of the molecule is COC(=O)[C@@H](N)Cc1ccc2c(c1)OC(C)(C)O2. The lowest BCUT2D eigenvalue weighted by molar-refractivity contribution is -0.142. The molecular formula is C13H17NO4. The minimum atomic E-state index is -0.664. The van der Waals surface area contributed by atoms with Gasteiger partial charge in [0.1, 0.15) is 6.04 Å². The Hall–Kier alpha value is -1.75. The van der Waals surface area contributed by atoms with Gasteiger partial charge in [-0.1, -0.05) is 6.07 Å². The molecule has 1 aromatic rings. The van der Waals surface area contributed by atoms with E-state index in [1.54, 1.807) is 0 Å². The summed E-state index contributed by atoms with van der Waals surface area (Å²) < 4.78 is 15.8. The molecule has 1 heterocycles. The molecule has 2 rings (SSSR count). The first-order chi connectivity index (χ1) is 8.41. The summed E-state index contributed by atoms with van der Waals surface area (Å²) in [5, 5.41) is 0. The standard InChI is InChI=1S/C13H17NO4/c1-13(2)17-10-5-4-8(7-11(10)18-13)6-9(14)12(15)16-3/h4-5,7,9H,6,14H2,1-3H3/t9-/m0/s1. The summed E-state index contributed by atoms with van der Waals surface area (Å²) in [7, 11) is 1.32. The number of fused-ring (bicyclic) bond motifs is 1. The largest absolute Gasteiger partial charge is 0.468 e. The van der Waals surface area contributed by atoms with Crippen molar-refractivity contribution in [2.24, 2.45) is 5.73 Å². The molecule has 18 heavy (non-hydrogen) atoms. The van der Waals surface area contributed by atoms with Crippen LogP contribution in [0.15, 0.2) is 18.2 Å². The fourth-order valence-corrected chi connectivity index (χ4v) is 1.88. The van der Waals surface area contributed by atoms with E-state index in [0.29, 0.717) is 17.9 Å². The van der Waals surface area contributed by atoms with Gasteiger partial charge in [-0.05, 0) is 24.1 Å². The Bertz CT molecular complexity index is 470. The number of methoxy groups -OCH3 is 1. The number of esters is 1. The van der Waals surface area contributed by atoms with E-state index in [9.17, 15) is 4.79 Å². The van der Waals surface area contributed by atoms with Crippen LogP contribution in [0.25, 0.3) is 0 Å². The molecule has 1 aliphatic rings. The molecule has 5 heteroatoms. The van der Waals surface area contributed by atoms with E-state index in [1.807, 2.05) is 32.0 Å². The Balaban J connectivity index is 2.12. The van der Waals surface area contributed by atoms with Crippen LogP contribution < -0.4 is 15.2 Å². The first kappa shape index (κ1) is 12.7. The Morgan fingerprint density at radius 1 is 1.39 bits per heavy atom. The summed E-state index contributed by atoms with van der Waals surface area (Å²) in [6, 6.07) is 4.87. The van der Waals surface area contributed by atoms with Gasteiger partial charge < -0.3 is 19.9 Å². The molecule has 0 saturated heterocycles. The third kappa shape index (κ3) is 2.56. The van der Waals surface area contributed by atoms with Gasteiger partial charge >= 0.3 is 5.97 Å². The van der Waals surface area contributed by atoms with Crippen molar-refractivity contribution < 1.29 is 19.0 Å². The van der Waals surface area contributed by atoms with E-state index in [-0.39, 0.29) is 0 Å². The fourth-order valence-electron chi connectivity index (χ4n) is 1.88. The van der Waals surface area contributed by atoms with Gasteiger partial charge in [0.25, 0.3) is 0 Å². The van der Waals surface area contributed by atoms with Gasteiger partial charge in [0.15, 0.2) is 11.5 Å². The quantitative estimate of drug-likeness (QED) is 0.818. The molecular weight excluding hydrogens is 234 g/mol. The predicted molar refractivity (Wildman–Crippen MR) is 65.5 cm³/mol. The highest BCUT2D eigenvalue weighted by molar-refractivity contribution is 5.75. The number of benzene rings is 1. The molecule has 2 N–H and O–H groups in total. The first-order valence-electron chi connectivity index (χ1n) is 5.75. The van der Waals surface area contributed by atoms with Crippen LogP contribution in [0, 0.1) is 0 Å². The van der Waals surface area contributed by atoms with E-state index in [0.717, 1.165) is 5.56 Å². The molecule has 0 aromatic heterocycles. The van der Waals surface area contributed by atoms with E-state index < -0.39 is 17.8 Å². The molecule has 0 amide bonds. The average molecular weight is 251 g/mol. The van der Waals surface area contributed by atoms with Crippen molar-refractivity contribution in [1.29, 1.82) is 0 Å². The van der Waals surface area contributed by atoms with Crippen molar-refractivity contribution in [1.82, 2.24) is 0 Å². The lowest BCUT2D eigenvalue weighted by Crippen LogP contribution is -2.33. The molecule has 0 bridgehead atoms. The third-order valence-electron chi connectivity index (χ3n) is 2.68. The van der Waals surface area contributed by atoms with E-state index in [2.05, 4.69) is 4.74 Å². The van der Waals surface area contributed by atoms with Gasteiger partial charge in [-0.15, -0.1) is 0 Å². The van der Waals surface area contributed by atoms with Crippen LogP contribution in [0.3, 0.4) is 0 Å². The summed E-state index contributed by atoms with van der Waals surface area (Å²) in [6.07, 6.45) is 0.406.